The molecule has 0 aliphatic carbocycles. The minimum Gasteiger partial charge on any atom is -0.497 e. The highest BCUT2D eigenvalue weighted by Gasteiger charge is 2.18. The molecular weight excluding hydrogens is 236 g/mol. The summed E-state index contributed by atoms with van der Waals surface area (Å²) in [6.45, 7) is 6.91. The first-order chi connectivity index (χ1) is 9.33. The molecule has 1 saturated heterocycles. The zero-order chi connectivity index (χ0) is 13.5. The zero-order valence-corrected chi connectivity index (χ0v) is 12.2. The van der Waals surface area contributed by atoms with Crippen LogP contribution in [0.1, 0.15) is 37.8 Å². The SMILES string of the molecule is CCCNC(CN1CCCC1)c1ccc(OC)cc1. The molecule has 1 aromatic rings. The van der Waals surface area contributed by atoms with Crippen LogP contribution in [0.4, 0.5) is 0 Å². The lowest BCUT2D eigenvalue weighted by atomic mass is 10.1. The van der Waals surface area contributed by atoms with Gasteiger partial charge in [-0.05, 0) is 56.6 Å². The molecule has 0 saturated carbocycles. The van der Waals surface area contributed by atoms with Crippen LogP contribution in [0.5, 0.6) is 5.75 Å². The van der Waals surface area contributed by atoms with E-state index < -0.39 is 0 Å². The van der Waals surface area contributed by atoms with Crippen LogP contribution in [-0.4, -0.2) is 38.2 Å². The third-order valence-electron chi connectivity index (χ3n) is 3.80. The molecule has 2 rings (SSSR count). The van der Waals surface area contributed by atoms with Gasteiger partial charge in [0, 0.05) is 12.6 Å². The molecule has 0 amide bonds. The fraction of sp³-hybridized carbons (Fsp3) is 0.625. The van der Waals surface area contributed by atoms with E-state index in [2.05, 4.69) is 41.4 Å². The zero-order valence-electron chi connectivity index (χ0n) is 12.2. The number of rotatable bonds is 7. The molecule has 1 atom stereocenters. The lowest BCUT2D eigenvalue weighted by molar-refractivity contribution is 0.292. The van der Waals surface area contributed by atoms with Gasteiger partial charge < -0.3 is 15.0 Å². The highest BCUT2D eigenvalue weighted by Crippen LogP contribution is 2.20. The van der Waals surface area contributed by atoms with Crippen molar-refractivity contribution in [2.45, 2.75) is 32.2 Å². The van der Waals surface area contributed by atoms with Crippen molar-refractivity contribution in [3.05, 3.63) is 29.8 Å². The summed E-state index contributed by atoms with van der Waals surface area (Å²) < 4.78 is 5.23. The number of ether oxygens (including phenoxy) is 1. The van der Waals surface area contributed by atoms with Gasteiger partial charge in [0.25, 0.3) is 0 Å². The van der Waals surface area contributed by atoms with E-state index in [4.69, 9.17) is 4.74 Å². The maximum Gasteiger partial charge on any atom is 0.118 e. The number of nitrogens with one attached hydrogen (secondary N) is 1. The molecule has 3 nitrogen and oxygen atoms in total. The van der Waals surface area contributed by atoms with Crippen molar-refractivity contribution in [3.63, 3.8) is 0 Å². The van der Waals surface area contributed by atoms with Gasteiger partial charge in [0.2, 0.25) is 0 Å². The summed E-state index contributed by atoms with van der Waals surface area (Å²) in [5, 5.41) is 3.67. The Morgan fingerprint density at radius 1 is 1.21 bits per heavy atom. The van der Waals surface area contributed by atoms with Gasteiger partial charge in [-0.2, -0.15) is 0 Å². The topological polar surface area (TPSA) is 24.5 Å². The lowest BCUT2D eigenvalue weighted by Crippen LogP contribution is -2.34. The summed E-state index contributed by atoms with van der Waals surface area (Å²) in [6, 6.07) is 8.91. The van der Waals surface area contributed by atoms with Crippen LogP contribution in [0.25, 0.3) is 0 Å². The van der Waals surface area contributed by atoms with E-state index in [9.17, 15) is 0 Å². The molecule has 1 aliphatic rings. The Labute approximate surface area is 116 Å². The minimum atomic E-state index is 0.434. The molecule has 3 heteroatoms. The minimum absolute atomic E-state index is 0.434. The van der Waals surface area contributed by atoms with Crippen molar-refractivity contribution >= 4 is 0 Å². The summed E-state index contributed by atoms with van der Waals surface area (Å²) >= 11 is 0. The van der Waals surface area contributed by atoms with Crippen molar-refractivity contribution in [1.82, 2.24) is 10.2 Å². The molecule has 1 aromatic carbocycles. The fourth-order valence-electron chi connectivity index (χ4n) is 2.67. The Balaban J connectivity index is 2.01. The number of nitrogens with zero attached hydrogens (tertiary/aromatic N) is 1. The molecule has 0 spiro atoms. The third kappa shape index (κ3) is 4.22. The standard InChI is InChI=1S/C16H26N2O/c1-3-10-17-16(13-18-11-4-5-12-18)14-6-8-15(19-2)9-7-14/h6-9,16-17H,3-5,10-13H2,1-2H3. The second kappa shape index (κ2) is 7.51. The molecule has 1 aliphatic heterocycles. The van der Waals surface area contributed by atoms with Crippen molar-refractivity contribution in [2.75, 3.05) is 33.3 Å². The van der Waals surface area contributed by atoms with Crippen molar-refractivity contribution in [2.24, 2.45) is 0 Å². The molecule has 1 N–H and O–H groups in total. The van der Waals surface area contributed by atoms with E-state index in [1.165, 1.54) is 37.9 Å². The normalized spacial score (nSPS) is 17.6. The third-order valence-corrected chi connectivity index (χ3v) is 3.80. The first-order valence-corrected chi connectivity index (χ1v) is 7.43. The van der Waals surface area contributed by atoms with E-state index in [1.54, 1.807) is 7.11 Å². The molecule has 106 valence electrons. The molecule has 0 radical (unpaired) electrons. The van der Waals surface area contributed by atoms with Crippen LogP contribution in [0.15, 0.2) is 24.3 Å². The van der Waals surface area contributed by atoms with Gasteiger partial charge in [0.05, 0.1) is 7.11 Å². The van der Waals surface area contributed by atoms with Crippen LogP contribution in [-0.2, 0) is 0 Å². The van der Waals surface area contributed by atoms with E-state index in [1.807, 2.05) is 0 Å². The summed E-state index contributed by atoms with van der Waals surface area (Å²) in [5.74, 6) is 0.930. The number of hydrogen-bond donors (Lipinski definition) is 1. The Morgan fingerprint density at radius 3 is 2.47 bits per heavy atom. The van der Waals surface area contributed by atoms with Crippen LogP contribution in [0.3, 0.4) is 0 Å². The van der Waals surface area contributed by atoms with Gasteiger partial charge in [0.1, 0.15) is 5.75 Å². The van der Waals surface area contributed by atoms with E-state index in [0.717, 1.165) is 18.8 Å². The maximum absolute atomic E-state index is 5.23. The first-order valence-electron chi connectivity index (χ1n) is 7.43. The van der Waals surface area contributed by atoms with Crippen LogP contribution < -0.4 is 10.1 Å². The van der Waals surface area contributed by atoms with Crippen LogP contribution in [0.2, 0.25) is 0 Å². The number of methoxy groups -OCH3 is 1. The van der Waals surface area contributed by atoms with Gasteiger partial charge in [-0.1, -0.05) is 19.1 Å². The van der Waals surface area contributed by atoms with Gasteiger partial charge in [-0.3, -0.25) is 0 Å². The molecule has 1 fully saturated rings. The Kier molecular flexibility index (Phi) is 5.67. The Bertz CT molecular complexity index is 358. The highest BCUT2D eigenvalue weighted by molar-refractivity contribution is 5.29. The van der Waals surface area contributed by atoms with Crippen molar-refractivity contribution in [1.29, 1.82) is 0 Å². The average Bonchev–Trinajstić information content (AvgIpc) is 2.96. The first kappa shape index (κ1) is 14.4. The lowest BCUT2D eigenvalue weighted by Gasteiger charge is -2.25. The van der Waals surface area contributed by atoms with Crippen LogP contribution in [0, 0.1) is 0 Å². The Morgan fingerprint density at radius 2 is 1.89 bits per heavy atom. The number of hydrogen-bond acceptors (Lipinski definition) is 3. The Hall–Kier alpha value is -1.06. The molecule has 0 bridgehead atoms. The van der Waals surface area contributed by atoms with Crippen molar-refractivity contribution < 1.29 is 4.74 Å². The maximum atomic E-state index is 5.23. The fourth-order valence-corrected chi connectivity index (χ4v) is 2.67. The summed E-state index contributed by atoms with van der Waals surface area (Å²) in [7, 11) is 1.71. The molecule has 1 unspecified atom stereocenters. The van der Waals surface area contributed by atoms with Crippen LogP contribution >= 0.6 is 0 Å². The van der Waals surface area contributed by atoms with Gasteiger partial charge in [-0.25, -0.2) is 0 Å². The van der Waals surface area contributed by atoms with Crippen molar-refractivity contribution in [3.8, 4) is 5.75 Å². The molecule has 19 heavy (non-hydrogen) atoms. The summed E-state index contributed by atoms with van der Waals surface area (Å²) in [4.78, 5) is 2.57. The van der Waals surface area contributed by atoms with Gasteiger partial charge in [0.15, 0.2) is 0 Å². The van der Waals surface area contributed by atoms with E-state index >= 15 is 0 Å². The number of likely N-dealkylation sites (tertiary alicyclic amines) is 1. The van der Waals surface area contributed by atoms with Gasteiger partial charge >= 0.3 is 0 Å². The molecule has 1 heterocycles. The quantitative estimate of drug-likeness (QED) is 0.818. The van der Waals surface area contributed by atoms with E-state index in [-0.39, 0.29) is 0 Å². The van der Waals surface area contributed by atoms with Gasteiger partial charge in [-0.15, -0.1) is 0 Å². The largest absolute Gasteiger partial charge is 0.497 e. The summed E-state index contributed by atoms with van der Waals surface area (Å²) in [5.41, 5.74) is 1.36. The predicted octanol–water partition coefficient (Wildman–Crippen LogP) is 2.83. The second-order valence-corrected chi connectivity index (χ2v) is 5.29. The smallest absolute Gasteiger partial charge is 0.118 e. The summed E-state index contributed by atoms with van der Waals surface area (Å²) in [6.07, 6.45) is 3.87. The molecule has 0 aromatic heterocycles. The number of benzene rings is 1. The second-order valence-electron chi connectivity index (χ2n) is 5.29. The molecular formula is C16H26N2O. The van der Waals surface area contributed by atoms with E-state index in [0.29, 0.717) is 6.04 Å². The highest BCUT2D eigenvalue weighted by atomic mass is 16.5. The monoisotopic (exact) mass is 262 g/mol. The predicted molar refractivity (Wildman–Crippen MR) is 79.7 cm³/mol. The average molecular weight is 262 g/mol.